The van der Waals surface area contributed by atoms with Crippen LogP contribution in [-0.2, 0) is 9.59 Å². The van der Waals surface area contributed by atoms with Crippen LogP contribution in [0.1, 0.15) is 27.2 Å². The smallest absolute Gasteiger partial charge is 0.234 e. The molecule has 5 unspecified atom stereocenters. The fraction of sp³-hybridized carbons (Fsp3) is 0.750. The number of fused-ring (bicyclic) bond motifs is 1. The molecule has 0 aromatic heterocycles. The van der Waals surface area contributed by atoms with Gasteiger partial charge in [0.25, 0.3) is 0 Å². The van der Waals surface area contributed by atoms with Crippen molar-refractivity contribution in [2.75, 3.05) is 13.1 Å². The van der Waals surface area contributed by atoms with Gasteiger partial charge in [0.1, 0.15) is 12.8 Å². The highest BCUT2D eigenvalue weighted by atomic mass is 32.2. The predicted molar refractivity (Wildman–Crippen MR) is 101 cm³/mol. The Morgan fingerprint density at radius 1 is 1.52 bits per heavy atom. The normalized spacial score (nSPS) is 35.2. The van der Waals surface area contributed by atoms with E-state index in [0.29, 0.717) is 17.2 Å². The highest BCUT2D eigenvalue weighted by Gasteiger charge is 2.57. The molecule has 0 bridgehead atoms. The number of hydrogen-bond donors (Lipinski definition) is 4. The molecule has 3 heterocycles. The third-order valence-corrected chi connectivity index (χ3v) is 7.35. The first-order chi connectivity index (χ1) is 12.0. The van der Waals surface area contributed by atoms with Gasteiger partial charge in [0.2, 0.25) is 5.91 Å². The highest BCUT2D eigenvalue weighted by Crippen LogP contribution is 2.51. The number of amides is 1. The number of rotatable bonds is 6. The van der Waals surface area contributed by atoms with E-state index in [2.05, 4.69) is 23.9 Å². The second kappa shape index (κ2) is 8.88. The summed E-state index contributed by atoms with van der Waals surface area (Å²) < 4.78 is 3.13. The molecule has 3 aliphatic rings. The summed E-state index contributed by atoms with van der Waals surface area (Å²) in [5, 5.41) is 18.3. The molecule has 3 rings (SSSR count). The predicted octanol–water partition coefficient (Wildman–Crippen LogP) is -0.560. The number of aliphatic hydroxyl groups excluding tert-OH is 1. The van der Waals surface area contributed by atoms with Gasteiger partial charge in [-0.2, -0.15) is 0 Å². The highest BCUT2D eigenvalue weighted by molar-refractivity contribution is 8.03. The lowest BCUT2D eigenvalue weighted by Crippen LogP contribution is -2.88. The number of thioether (sulfide) groups is 1. The molecule has 25 heavy (non-hydrogen) atoms. The zero-order chi connectivity index (χ0) is 18.7. The van der Waals surface area contributed by atoms with E-state index in [-0.39, 0.29) is 17.9 Å². The Kier molecular flexibility index (Phi) is 7.36. The number of carbonyl (C=O) groups excluding carboxylic acids is 2. The van der Waals surface area contributed by atoms with Gasteiger partial charge in [-0.15, -0.1) is 11.8 Å². The molecule has 142 valence electrons. The Morgan fingerprint density at radius 3 is 2.80 bits per heavy atom. The second-order valence-corrected chi connectivity index (χ2v) is 8.74. The van der Waals surface area contributed by atoms with Crippen molar-refractivity contribution >= 4 is 36.6 Å². The van der Waals surface area contributed by atoms with Crippen molar-refractivity contribution in [1.29, 1.82) is 0 Å². The van der Waals surface area contributed by atoms with Crippen molar-refractivity contribution < 1.29 is 20.0 Å². The fourth-order valence-electron chi connectivity index (χ4n) is 4.22. The standard InChI is InChI=1S/C15H26N4O2S2.CH2O/c1-7-13-12(9(3)20)15(21)19(13)8(2)14(7)22-11-4-10(17-6-11)5-18-23-16;1-2/h7,9-13,17-18,20H,4-6,16H2,1-3H3;1H2/p+1/t7?,9-,10?,11?,12?,13?;/m0./s1. The number of quaternary nitrogens is 1. The molecule has 0 aromatic carbocycles. The summed E-state index contributed by atoms with van der Waals surface area (Å²) in [5.74, 6) is 0.186. The molecule has 0 aromatic rings. The van der Waals surface area contributed by atoms with Crippen molar-refractivity contribution in [3.05, 3.63) is 10.6 Å². The minimum Gasteiger partial charge on any atom is -0.393 e. The molecule has 3 aliphatic heterocycles. The lowest BCUT2D eigenvalue weighted by atomic mass is 9.79. The van der Waals surface area contributed by atoms with Gasteiger partial charge in [0.05, 0.1) is 36.4 Å². The quantitative estimate of drug-likeness (QED) is 0.356. The van der Waals surface area contributed by atoms with Crippen LogP contribution in [0, 0.1) is 11.8 Å². The summed E-state index contributed by atoms with van der Waals surface area (Å²) in [6, 6.07) is 0.728. The number of allylic oxidation sites excluding steroid dienone is 1. The number of hydrogen-bond acceptors (Lipinski definition) is 7. The van der Waals surface area contributed by atoms with Gasteiger partial charge in [-0.1, -0.05) is 6.92 Å². The third kappa shape index (κ3) is 3.91. The van der Waals surface area contributed by atoms with Crippen LogP contribution >= 0.6 is 23.9 Å². The van der Waals surface area contributed by atoms with E-state index in [1.807, 2.05) is 23.5 Å². The largest absolute Gasteiger partial charge is 0.393 e. The Morgan fingerprint density at radius 2 is 2.20 bits per heavy atom. The molecule has 1 amide bonds. The molecule has 9 heteroatoms. The number of nitrogens with zero attached hydrogens (tertiary/aromatic N) is 1. The van der Waals surface area contributed by atoms with Crippen molar-refractivity contribution in [3.63, 3.8) is 0 Å². The van der Waals surface area contributed by atoms with E-state index in [1.54, 1.807) is 6.92 Å². The van der Waals surface area contributed by atoms with Crippen molar-refractivity contribution in [1.82, 2.24) is 9.62 Å². The molecule has 0 radical (unpaired) electrons. The average molecular weight is 390 g/mol. The molecule has 0 saturated carbocycles. The first-order valence-electron chi connectivity index (χ1n) is 8.55. The number of nitrogens with two attached hydrogens (primary N) is 2. The molecular formula is C16H29N4O3S2+. The van der Waals surface area contributed by atoms with E-state index in [0.717, 1.165) is 25.2 Å². The Balaban J connectivity index is 0.00000109. The van der Waals surface area contributed by atoms with E-state index < -0.39 is 6.10 Å². The van der Waals surface area contributed by atoms with Crippen LogP contribution in [0.15, 0.2) is 10.6 Å². The summed E-state index contributed by atoms with van der Waals surface area (Å²) in [4.78, 5) is 23.5. The van der Waals surface area contributed by atoms with Crippen LogP contribution in [0.4, 0.5) is 0 Å². The summed E-state index contributed by atoms with van der Waals surface area (Å²) in [6.07, 6.45) is 0.590. The molecule has 0 spiro atoms. The fourth-order valence-corrected chi connectivity index (χ4v) is 6.06. The number of nitrogens with one attached hydrogen (secondary N) is 1. The Hall–Kier alpha value is -0.580. The summed E-state index contributed by atoms with van der Waals surface area (Å²) >= 11 is 3.12. The SMILES string of the molecule is C=O.CC1=C(SC2C[NH2+]C(CNSN)C2)C(C)C2C([C@H](C)O)C(=O)N12. The van der Waals surface area contributed by atoms with Gasteiger partial charge >= 0.3 is 0 Å². The summed E-state index contributed by atoms with van der Waals surface area (Å²) in [6.45, 7) is 10.0. The first kappa shape index (κ1) is 20.7. The maximum atomic E-state index is 12.3. The van der Waals surface area contributed by atoms with Gasteiger partial charge in [-0.3, -0.25) is 9.93 Å². The van der Waals surface area contributed by atoms with Crippen LogP contribution in [0.5, 0.6) is 0 Å². The van der Waals surface area contributed by atoms with Gasteiger partial charge in [0.15, 0.2) is 0 Å². The van der Waals surface area contributed by atoms with Crippen LogP contribution in [-0.4, -0.2) is 59.2 Å². The van der Waals surface area contributed by atoms with Crippen molar-refractivity contribution in [2.45, 2.75) is 50.6 Å². The second-order valence-electron chi connectivity index (χ2n) is 6.88. The number of aliphatic hydroxyl groups is 1. The number of β-lactam (4-membered cyclic amide) rings is 1. The van der Waals surface area contributed by atoms with Crippen LogP contribution < -0.4 is 15.2 Å². The minimum atomic E-state index is -0.563. The Labute approximate surface area is 157 Å². The molecule has 6 atom stereocenters. The monoisotopic (exact) mass is 389 g/mol. The third-order valence-electron chi connectivity index (χ3n) is 5.37. The Bertz CT molecular complexity index is 532. The van der Waals surface area contributed by atoms with Crippen molar-refractivity contribution in [3.8, 4) is 0 Å². The summed E-state index contributed by atoms with van der Waals surface area (Å²) in [7, 11) is 0. The van der Waals surface area contributed by atoms with E-state index in [9.17, 15) is 9.90 Å². The molecule has 6 N–H and O–H groups in total. The minimum absolute atomic E-state index is 0.0879. The van der Waals surface area contributed by atoms with Gasteiger partial charge < -0.3 is 20.1 Å². The van der Waals surface area contributed by atoms with Gasteiger partial charge in [-0.05, 0) is 13.8 Å². The zero-order valence-electron chi connectivity index (χ0n) is 15.0. The van der Waals surface area contributed by atoms with E-state index in [4.69, 9.17) is 9.93 Å². The summed E-state index contributed by atoms with van der Waals surface area (Å²) in [5.41, 5.74) is 1.11. The van der Waals surface area contributed by atoms with Crippen LogP contribution in [0.25, 0.3) is 0 Å². The van der Waals surface area contributed by atoms with Crippen LogP contribution in [0.2, 0.25) is 0 Å². The van der Waals surface area contributed by atoms with E-state index >= 15 is 0 Å². The lowest BCUT2D eigenvalue weighted by molar-refractivity contribution is -0.667. The average Bonchev–Trinajstić information content (AvgIpc) is 3.10. The topological polar surface area (TPSA) is 112 Å². The molecule has 7 nitrogen and oxygen atoms in total. The van der Waals surface area contributed by atoms with Gasteiger partial charge in [0, 0.05) is 35.1 Å². The van der Waals surface area contributed by atoms with Gasteiger partial charge in [-0.25, -0.2) is 4.72 Å². The first-order valence-corrected chi connectivity index (χ1v) is 10.3. The molecule has 2 saturated heterocycles. The van der Waals surface area contributed by atoms with Crippen LogP contribution in [0.3, 0.4) is 0 Å². The molecule has 0 aliphatic carbocycles. The maximum Gasteiger partial charge on any atom is 0.234 e. The molecular weight excluding hydrogens is 360 g/mol. The maximum absolute atomic E-state index is 12.3. The number of carbonyl (C=O) groups is 2. The zero-order valence-corrected chi connectivity index (χ0v) is 16.6. The molecule has 2 fully saturated rings. The lowest BCUT2D eigenvalue weighted by Gasteiger charge is -2.46. The van der Waals surface area contributed by atoms with E-state index in [1.165, 1.54) is 17.0 Å². The van der Waals surface area contributed by atoms with Crippen molar-refractivity contribution in [2.24, 2.45) is 17.0 Å².